The average molecular weight is 345 g/mol. The first-order chi connectivity index (χ1) is 11.9. The van der Waals surface area contributed by atoms with Crippen molar-refractivity contribution < 1.29 is 22.7 Å². The topological polar surface area (TPSA) is 38.7 Å². The molecular weight excluding hydrogens is 331 g/mol. The van der Waals surface area contributed by atoms with E-state index >= 15 is 0 Å². The van der Waals surface area contributed by atoms with E-state index in [2.05, 4.69) is 4.99 Å². The van der Waals surface area contributed by atoms with Crippen molar-refractivity contribution in [1.82, 2.24) is 0 Å². The van der Waals surface area contributed by atoms with E-state index < -0.39 is 17.7 Å². The van der Waals surface area contributed by atoms with Gasteiger partial charge in [0.2, 0.25) is 5.90 Å². The maximum atomic E-state index is 12.6. The Morgan fingerprint density at radius 2 is 1.68 bits per heavy atom. The van der Waals surface area contributed by atoms with E-state index in [9.17, 15) is 18.0 Å². The molecule has 1 aliphatic rings. The standard InChI is InChI=1S/C19H14F3NO2/c1-2-12-3-5-13(6-4-12)11-16-18(24)25-17(23-16)14-7-9-15(10-8-14)19(20,21)22/h3-11H,2H2,1H3/b16-11+. The smallest absolute Gasteiger partial charge is 0.402 e. The lowest BCUT2D eigenvalue weighted by Gasteiger charge is -2.06. The van der Waals surface area contributed by atoms with Crippen LogP contribution >= 0.6 is 0 Å². The summed E-state index contributed by atoms with van der Waals surface area (Å²) in [5.41, 5.74) is 1.62. The number of aryl methyl sites for hydroxylation is 1. The Balaban J connectivity index is 1.85. The zero-order valence-corrected chi connectivity index (χ0v) is 13.3. The molecule has 0 fully saturated rings. The number of rotatable bonds is 3. The molecule has 1 aliphatic heterocycles. The van der Waals surface area contributed by atoms with Crippen LogP contribution < -0.4 is 0 Å². The number of cyclic esters (lactones) is 1. The lowest BCUT2D eigenvalue weighted by atomic mass is 10.1. The largest absolute Gasteiger partial charge is 0.416 e. The second-order valence-electron chi connectivity index (χ2n) is 5.51. The van der Waals surface area contributed by atoms with E-state index in [4.69, 9.17) is 4.74 Å². The number of benzene rings is 2. The quantitative estimate of drug-likeness (QED) is 0.602. The molecule has 0 N–H and O–H groups in total. The molecule has 3 rings (SSSR count). The molecule has 25 heavy (non-hydrogen) atoms. The monoisotopic (exact) mass is 345 g/mol. The van der Waals surface area contributed by atoms with E-state index in [0.717, 1.165) is 24.1 Å². The van der Waals surface area contributed by atoms with E-state index in [1.165, 1.54) is 17.7 Å². The zero-order chi connectivity index (χ0) is 18.0. The summed E-state index contributed by atoms with van der Waals surface area (Å²) in [6.07, 6.45) is -1.92. The first-order valence-electron chi connectivity index (χ1n) is 7.66. The van der Waals surface area contributed by atoms with Gasteiger partial charge in [-0.3, -0.25) is 0 Å². The Morgan fingerprint density at radius 3 is 2.24 bits per heavy atom. The molecule has 3 nitrogen and oxygen atoms in total. The Morgan fingerprint density at radius 1 is 1.04 bits per heavy atom. The third kappa shape index (κ3) is 3.79. The number of aliphatic imine (C=N–C) groups is 1. The van der Waals surface area contributed by atoms with E-state index in [0.29, 0.717) is 5.56 Å². The number of carbonyl (C=O) groups excluding carboxylic acids is 1. The van der Waals surface area contributed by atoms with Crippen molar-refractivity contribution in [2.75, 3.05) is 0 Å². The van der Waals surface area contributed by atoms with Gasteiger partial charge in [0.15, 0.2) is 5.70 Å². The van der Waals surface area contributed by atoms with E-state index in [1.807, 2.05) is 31.2 Å². The molecule has 0 saturated heterocycles. The number of nitrogens with zero attached hydrogens (tertiary/aromatic N) is 1. The van der Waals surface area contributed by atoms with Crippen molar-refractivity contribution in [1.29, 1.82) is 0 Å². The third-order valence-corrected chi connectivity index (χ3v) is 3.77. The van der Waals surface area contributed by atoms with Gasteiger partial charge in [0.1, 0.15) is 0 Å². The van der Waals surface area contributed by atoms with Gasteiger partial charge in [0, 0.05) is 5.56 Å². The van der Waals surface area contributed by atoms with Gasteiger partial charge in [-0.1, -0.05) is 31.2 Å². The molecule has 0 spiro atoms. The van der Waals surface area contributed by atoms with Gasteiger partial charge in [0.05, 0.1) is 5.56 Å². The van der Waals surface area contributed by atoms with Crippen LogP contribution in [-0.4, -0.2) is 11.9 Å². The lowest BCUT2D eigenvalue weighted by molar-refractivity contribution is -0.137. The molecule has 0 amide bonds. The first-order valence-corrected chi connectivity index (χ1v) is 7.66. The number of esters is 1. The molecular formula is C19H14F3NO2. The van der Waals surface area contributed by atoms with E-state index in [-0.39, 0.29) is 11.6 Å². The fraction of sp³-hybridized carbons (Fsp3) is 0.158. The van der Waals surface area contributed by atoms with Crippen LogP contribution in [0.15, 0.2) is 59.2 Å². The highest BCUT2D eigenvalue weighted by molar-refractivity contribution is 6.12. The zero-order valence-electron chi connectivity index (χ0n) is 13.3. The van der Waals surface area contributed by atoms with Crippen LogP contribution in [0.2, 0.25) is 0 Å². The number of hydrogen-bond donors (Lipinski definition) is 0. The average Bonchev–Trinajstić information content (AvgIpc) is 2.96. The van der Waals surface area contributed by atoms with Crippen molar-refractivity contribution >= 4 is 17.9 Å². The predicted molar refractivity (Wildman–Crippen MR) is 87.9 cm³/mol. The fourth-order valence-electron chi connectivity index (χ4n) is 2.34. The van der Waals surface area contributed by atoms with Crippen molar-refractivity contribution in [2.24, 2.45) is 4.99 Å². The van der Waals surface area contributed by atoms with Crippen LogP contribution in [0.4, 0.5) is 13.2 Å². The van der Waals surface area contributed by atoms with Crippen LogP contribution in [0.3, 0.4) is 0 Å². The van der Waals surface area contributed by atoms with Crippen LogP contribution in [0, 0.1) is 0 Å². The highest BCUT2D eigenvalue weighted by atomic mass is 19.4. The maximum absolute atomic E-state index is 12.6. The summed E-state index contributed by atoms with van der Waals surface area (Å²) in [7, 11) is 0. The summed E-state index contributed by atoms with van der Waals surface area (Å²) in [4.78, 5) is 16.0. The molecule has 0 atom stereocenters. The number of halogens is 3. The number of hydrogen-bond acceptors (Lipinski definition) is 3. The van der Waals surface area contributed by atoms with Crippen molar-refractivity contribution in [3.8, 4) is 0 Å². The summed E-state index contributed by atoms with van der Waals surface area (Å²) in [6, 6.07) is 11.9. The van der Waals surface area contributed by atoms with Crippen LogP contribution in [0.5, 0.6) is 0 Å². The van der Waals surface area contributed by atoms with Gasteiger partial charge in [-0.15, -0.1) is 0 Å². The van der Waals surface area contributed by atoms with Gasteiger partial charge in [0.25, 0.3) is 0 Å². The highest BCUT2D eigenvalue weighted by Gasteiger charge is 2.31. The molecule has 2 aromatic rings. The SMILES string of the molecule is CCc1ccc(/C=C2/N=C(c3ccc(C(F)(F)F)cc3)OC2=O)cc1. The van der Waals surface area contributed by atoms with Crippen LogP contribution in [0.1, 0.15) is 29.2 Å². The van der Waals surface area contributed by atoms with Gasteiger partial charge >= 0.3 is 12.1 Å². The maximum Gasteiger partial charge on any atom is 0.416 e. The van der Waals surface area contributed by atoms with Crippen molar-refractivity contribution in [3.63, 3.8) is 0 Å². The highest BCUT2D eigenvalue weighted by Crippen LogP contribution is 2.29. The molecule has 0 aliphatic carbocycles. The normalized spacial score (nSPS) is 16.1. The summed E-state index contributed by atoms with van der Waals surface area (Å²) >= 11 is 0. The fourth-order valence-corrected chi connectivity index (χ4v) is 2.34. The minimum atomic E-state index is -4.41. The lowest BCUT2D eigenvalue weighted by Crippen LogP contribution is -2.08. The summed E-state index contributed by atoms with van der Waals surface area (Å²) in [5, 5.41) is 0. The first kappa shape index (κ1) is 17.0. The molecule has 0 bridgehead atoms. The van der Waals surface area contributed by atoms with Crippen molar-refractivity contribution in [2.45, 2.75) is 19.5 Å². The Bertz CT molecular complexity index is 848. The van der Waals surface area contributed by atoms with Crippen LogP contribution in [-0.2, 0) is 22.1 Å². The Labute approximate surface area is 142 Å². The number of ether oxygens (including phenoxy) is 1. The minimum Gasteiger partial charge on any atom is -0.402 e. The molecule has 6 heteroatoms. The number of alkyl halides is 3. The van der Waals surface area contributed by atoms with Crippen molar-refractivity contribution in [3.05, 3.63) is 76.5 Å². The van der Waals surface area contributed by atoms with Gasteiger partial charge in [-0.05, 0) is 47.9 Å². The Hall–Kier alpha value is -2.89. The summed E-state index contributed by atoms with van der Waals surface area (Å²) in [5.74, 6) is -0.635. The molecule has 0 saturated carbocycles. The molecule has 0 unspecified atom stereocenters. The van der Waals surface area contributed by atoms with Crippen LogP contribution in [0.25, 0.3) is 6.08 Å². The van der Waals surface area contributed by atoms with E-state index in [1.54, 1.807) is 6.08 Å². The molecule has 128 valence electrons. The molecule has 0 aromatic heterocycles. The Kier molecular flexibility index (Phi) is 4.44. The summed E-state index contributed by atoms with van der Waals surface area (Å²) in [6.45, 7) is 2.04. The second kappa shape index (κ2) is 6.55. The molecule has 0 radical (unpaired) electrons. The minimum absolute atomic E-state index is 0.00449. The van der Waals surface area contributed by atoms with Gasteiger partial charge < -0.3 is 4.74 Å². The molecule has 1 heterocycles. The van der Waals surface area contributed by atoms with Gasteiger partial charge in [-0.2, -0.15) is 13.2 Å². The second-order valence-corrected chi connectivity index (χ2v) is 5.51. The molecule has 2 aromatic carbocycles. The number of carbonyl (C=O) groups is 1. The predicted octanol–water partition coefficient (Wildman–Crippen LogP) is 4.61. The van der Waals surface area contributed by atoms with Gasteiger partial charge in [-0.25, -0.2) is 9.79 Å². The third-order valence-electron chi connectivity index (χ3n) is 3.77. The summed E-state index contributed by atoms with van der Waals surface area (Å²) < 4.78 is 42.8.